The van der Waals surface area contributed by atoms with E-state index < -0.39 is 38.0 Å². The monoisotopic (exact) mass is 621 g/mol. The number of ether oxygens (including phenoxy) is 3. The summed E-state index contributed by atoms with van der Waals surface area (Å²) >= 11 is 0. The van der Waals surface area contributed by atoms with Crippen LogP contribution in [-0.2, 0) is 46.5 Å². The zero-order valence-corrected chi connectivity index (χ0v) is 25.6. The van der Waals surface area contributed by atoms with E-state index in [0.29, 0.717) is 13.2 Å². The average molecular weight is 622 g/mol. The molecule has 11 heteroatoms. The van der Waals surface area contributed by atoms with E-state index in [9.17, 15) is 22.0 Å². The highest BCUT2D eigenvalue weighted by Gasteiger charge is 2.54. The first kappa shape index (κ1) is 32.1. The second-order valence-electron chi connectivity index (χ2n) is 11.2. The summed E-state index contributed by atoms with van der Waals surface area (Å²) in [6, 6.07) is 22.1. The van der Waals surface area contributed by atoms with Crippen LogP contribution in [0.3, 0.4) is 0 Å². The molecular formula is C31H35F2O7S2+. The van der Waals surface area contributed by atoms with Gasteiger partial charge in [-0.15, -0.1) is 0 Å². The molecule has 1 saturated heterocycles. The number of carbonyl (C=O) groups is 1. The van der Waals surface area contributed by atoms with Crippen LogP contribution in [0.5, 0.6) is 5.75 Å². The predicted octanol–water partition coefficient (Wildman–Crippen LogP) is 6.86. The molecule has 0 amide bonds. The van der Waals surface area contributed by atoms with Gasteiger partial charge in [-0.1, -0.05) is 45.0 Å². The van der Waals surface area contributed by atoms with Crippen molar-refractivity contribution in [1.29, 1.82) is 0 Å². The van der Waals surface area contributed by atoms with Crippen molar-refractivity contribution >= 4 is 27.0 Å². The van der Waals surface area contributed by atoms with Crippen LogP contribution in [0.1, 0.15) is 58.1 Å². The fourth-order valence-corrected chi connectivity index (χ4v) is 6.79. The first-order valence-corrected chi connectivity index (χ1v) is 16.2. The van der Waals surface area contributed by atoms with Crippen LogP contribution in [-0.4, -0.2) is 37.4 Å². The molecule has 1 N–H and O–H groups in total. The number of carbonyl (C=O) groups excluding carboxylic acids is 1. The highest BCUT2D eigenvalue weighted by molar-refractivity contribution is 7.97. The van der Waals surface area contributed by atoms with Gasteiger partial charge in [0.15, 0.2) is 20.5 Å². The molecule has 0 bridgehead atoms. The molecule has 42 heavy (non-hydrogen) atoms. The van der Waals surface area contributed by atoms with Gasteiger partial charge in [0.05, 0.1) is 24.1 Å². The quantitative estimate of drug-likeness (QED) is 0.133. The van der Waals surface area contributed by atoms with Gasteiger partial charge in [-0.25, -0.2) is 4.79 Å². The Morgan fingerprint density at radius 3 is 1.95 bits per heavy atom. The van der Waals surface area contributed by atoms with E-state index in [1.54, 1.807) is 12.1 Å². The summed E-state index contributed by atoms with van der Waals surface area (Å²) in [7, 11) is -6.66. The minimum absolute atomic E-state index is 0.0475. The number of hydrogen-bond donors (Lipinski definition) is 1. The van der Waals surface area contributed by atoms with Gasteiger partial charge in [0.1, 0.15) is 5.75 Å². The van der Waals surface area contributed by atoms with Crippen molar-refractivity contribution in [3.63, 3.8) is 0 Å². The van der Waals surface area contributed by atoms with Gasteiger partial charge < -0.3 is 14.2 Å². The molecule has 1 aliphatic heterocycles. The second-order valence-corrected chi connectivity index (χ2v) is 14.7. The van der Waals surface area contributed by atoms with Gasteiger partial charge in [0, 0.05) is 11.6 Å². The Labute approximate surface area is 248 Å². The molecule has 1 atom stereocenters. The average Bonchev–Trinajstić information content (AvgIpc) is 2.91. The van der Waals surface area contributed by atoms with Crippen molar-refractivity contribution in [3.05, 3.63) is 83.9 Å². The Kier molecular flexibility index (Phi) is 9.49. The lowest BCUT2D eigenvalue weighted by atomic mass is 9.87. The largest absolute Gasteiger partial charge is 0.466 e. The number of rotatable bonds is 7. The predicted molar refractivity (Wildman–Crippen MR) is 155 cm³/mol. The summed E-state index contributed by atoms with van der Waals surface area (Å²) in [5.41, 5.74) is 1.98. The minimum atomic E-state index is -5.98. The van der Waals surface area contributed by atoms with Crippen LogP contribution >= 0.6 is 0 Å². The van der Waals surface area contributed by atoms with Crippen molar-refractivity contribution in [2.75, 3.05) is 13.2 Å². The van der Waals surface area contributed by atoms with E-state index in [1.807, 2.05) is 31.2 Å². The van der Waals surface area contributed by atoms with Crippen LogP contribution in [0.25, 0.3) is 0 Å². The van der Waals surface area contributed by atoms with E-state index in [-0.39, 0.29) is 11.2 Å². The number of alkyl halides is 2. The smallest absolute Gasteiger partial charge is 0.421 e. The first-order chi connectivity index (χ1) is 19.6. The standard InChI is InChI=1S/C31H34F2O7S2/c1-29(2,3)22-11-15-25(16-12-22)41(26-17-13-24(14-18-26)40-28(34)31(32,33)42(35,36)37)27-10-8-9-23(21-27)30(4)38-19-6-5-7-20-39-30/h8-18,21H,5-7,19-20H2,1-4H3/p+1. The molecule has 1 unspecified atom stereocenters. The normalized spacial score (nSPS) is 17.1. The highest BCUT2D eigenvalue weighted by Crippen LogP contribution is 2.37. The maximum absolute atomic E-state index is 13.7. The molecular weight excluding hydrogens is 586 g/mol. The molecule has 7 nitrogen and oxygen atoms in total. The molecule has 1 aliphatic rings. The van der Waals surface area contributed by atoms with E-state index in [2.05, 4.69) is 49.8 Å². The van der Waals surface area contributed by atoms with Crippen LogP contribution in [0.2, 0.25) is 0 Å². The molecule has 3 aromatic carbocycles. The fourth-order valence-electron chi connectivity index (χ4n) is 4.44. The van der Waals surface area contributed by atoms with Crippen LogP contribution < -0.4 is 4.74 Å². The van der Waals surface area contributed by atoms with Crippen molar-refractivity contribution < 1.29 is 40.8 Å². The molecule has 3 aromatic rings. The molecule has 0 aliphatic carbocycles. The van der Waals surface area contributed by atoms with Gasteiger partial charge in [-0.3, -0.25) is 4.55 Å². The lowest BCUT2D eigenvalue weighted by Crippen LogP contribution is -2.40. The van der Waals surface area contributed by atoms with E-state index in [1.165, 1.54) is 12.1 Å². The summed E-state index contributed by atoms with van der Waals surface area (Å²) in [5.74, 6) is -3.61. The zero-order valence-electron chi connectivity index (χ0n) is 23.9. The Hall–Kier alpha value is -2.83. The third kappa shape index (κ3) is 7.20. The Morgan fingerprint density at radius 2 is 1.43 bits per heavy atom. The molecule has 1 fully saturated rings. The lowest BCUT2D eigenvalue weighted by Gasteiger charge is -2.32. The molecule has 4 rings (SSSR count). The number of halogens is 2. The molecule has 0 radical (unpaired) electrons. The Balaban J connectivity index is 1.73. The minimum Gasteiger partial charge on any atom is -0.421 e. The van der Waals surface area contributed by atoms with Crippen molar-refractivity contribution in [3.8, 4) is 5.75 Å². The maximum atomic E-state index is 13.7. The molecule has 0 saturated carbocycles. The van der Waals surface area contributed by atoms with E-state index >= 15 is 0 Å². The topological polar surface area (TPSA) is 99.1 Å². The van der Waals surface area contributed by atoms with E-state index in [4.69, 9.17) is 14.0 Å². The summed E-state index contributed by atoms with van der Waals surface area (Å²) in [6.45, 7) is 9.47. The second kappa shape index (κ2) is 12.4. The van der Waals surface area contributed by atoms with Gasteiger partial charge in [-0.05, 0) is 79.6 Å². The van der Waals surface area contributed by atoms with Gasteiger partial charge in [0.25, 0.3) is 0 Å². The summed E-state index contributed by atoms with van der Waals surface area (Å²) in [5, 5.41) is -5.09. The SMILES string of the molecule is CC(C)(C)c1ccc([S+](c2ccc(OC(=O)C(F)(F)S(=O)(=O)O)cc2)c2cccc(C3(C)OCCCCCO3)c2)cc1. The number of hydrogen-bond acceptors (Lipinski definition) is 6. The number of benzene rings is 3. The molecule has 0 aromatic heterocycles. The molecule has 1 heterocycles. The first-order valence-electron chi connectivity index (χ1n) is 13.5. The van der Waals surface area contributed by atoms with Crippen LogP contribution in [0.4, 0.5) is 8.78 Å². The van der Waals surface area contributed by atoms with Gasteiger partial charge in [-0.2, -0.15) is 17.2 Å². The fraction of sp³-hybridized carbons (Fsp3) is 0.387. The Morgan fingerprint density at radius 1 is 0.881 bits per heavy atom. The highest BCUT2D eigenvalue weighted by atomic mass is 32.2. The van der Waals surface area contributed by atoms with Crippen molar-refractivity contribution in [2.45, 2.75) is 78.1 Å². The molecule has 226 valence electrons. The van der Waals surface area contributed by atoms with Crippen LogP contribution in [0, 0.1) is 0 Å². The zero-order chi connectivity index (χ0) is 30.8. The van der Waals surface area contributed by atoms with E-state index in [0.717, 1.165) is 45.1 Å². The van der Waals surface area contributed by atoms with Crippen molar-refractivity contribution in [1.82, 2.24) is 0 Å². The summed E-state index contributed by atoms with van der Waals surface area (Å²) < 4.78 is 74.9. The van der Waals surface area contributed by atoms with Gasteiger partial charge >= 0.3 is 21.3 Å². The lowest BCUT2D eigenvalue weighted by molar-refractivity contribution is -0.241. The van der Waals surface area contributed by atoms with Gasteiger partial charge in [0.2, 0.25) is 0 Å². The third-order valence-electron chi connectivity index (χ3n) is 6.93. The molecule has 0 spiro atoms. The van der Waals surface area contributed by atoms with Crippen molar-refractivity contribution in [2.24, 2.45) is 0 Å². The third-order valence-corrected chi connectivity index (χ3v) is 9.95. The summed E-state index contributed by atoms with van der Waals surface area (Å²) in [6.07, 6.45) is 2.95. The van der Waals surface area contributed by atoms with Crippen LogP contribution in [0.15, 0.2) is 87.5 Å². The Bertz CT molecular complexity index is 1490. The maximum Gasteiger partial charge on any atom is 0.466 e. The summed E-state index contributed by atoms with van der Waals surface area (Å²) in [4.78, 5) is 14.5. The number of esters is 1.